The van der Waals surface area contributed by atoms with E-state index in [0.29, 0.717) is 0 Å². The summed E-state index contributed by atoms with van der Waals surface area (Å²) in [4.78, 5) is 23.9. The summed E-state index contributed by atoms with van der Waals surface area (Å²) in [6.07, 6.45) is -1.76. The first-order chi connectivity index (χ1) is 7.63. The van der Waals surface area contributed by atoms with Crippen LogP contribution in [-0.2, 0) is 9.53 Å². The van der Waals surface area contributed by atoms with Crippen LogP contribution in [0.5, 0.6) is 0 Å². The van der Waals surface area contributed by atoms with E-state index in [-0.39, 0.29) is 12.5 Å². The lowest BCUT2D eigenvalue weighted by Gasteiger charge is -2.27. The zero-order valence-corrected chi connectivity index (χ0v) is 10.5. The number of ether oxygens (including phenoxy) is 1. The van der Waals surface area contributed by atoms with Crippen molar-refractivity contribution in [1.29, 1.82) is 0 Å². The third kappa shape index (κ3) is 3.09. The van der Waals surface area contributed by atoms with E-state index in [1.165, 1.54) is 0 Å². The molecule has 3 unspecified atom stereocenters. The first-order valence-electron chi connectivity index (χ1n) is 5.54. The van der Waals surface area contributed by atoms with E-state index in [0.717, 1.165) is 4.90 Å². The Morgan fingerprint density at radius 3 is 2.29 bits per heavy atom. The molecule has 1 rings (SSSR count). The topological polar surface area (TPSA) is 87.1 Å². The van der Waals surface area contributed by atoms with Gasteiger partial charge in [0.2, 0.25) is 0 Å². The van der Waals surface area contributed by atoms with Gasteiger partial charge in [0.05, 0.1) is 6.10 Å². The maximum atomic E-state index is 11.8. The monoisotopic (exact) mass is 245 g/mol. The number of likely N-dealkylation sites (tertiary alicyclic amines) is 1. The fraction of sp³-hybridized carbons (Fsp3) is 0.818. The number of aliphatic hydroxyl groups is 1. The van der Waals surface area contributed by atoms with Crippen LogP contribution in [0.25, 0.3) is 0 Å². The number of nitrogens with zero attached hydrogens (tertiary/aromatic N) is 1. The standard InChI is InChI=1S/C11H19NO5/c1-6-5-12(7(8(6)13)9(14)15)10(16)17-11(2,3)4/h6-8,13H,5H2,1-4H3,(H,14,15). The third-order valence-electron chi connectivity index (χ3n) is 2.61. The van der Waals surface area contributed by atoms with Gasteiger partial charge < -0.3 is 14.9 Å². The number of aliphatic hydroxyl groups excluding tert-OH is 1. The van der Waals surface area contributed by atoms with Crippen molar-refractivity contribution in [1.82, 2.24) is 4.90 Å². The Balaban J connectivity index is 2.82. The van der Waals surface area contributed by atoms with E-state index in [1.54, 1.807) is 27.7 Å². The molecule has 1 amide bonds. The summed E-state index contributed by atoms with van der Waals surface area (Å²) in [5, 5.41) is 18.7. The number of carbonyl (C=O) groups excluding carboxylic acids is 1. The Kier molecular flexibility index (Phi) is 3.66. The van der Waals surface area contributed by atoms with Crippen LogP contribution in [0.3, 0.4) is 0 Å². The predicted molar refractivity (Wildman–Crippen MR) is 59.5 cm³/mol. The Morgan fingerprint density at radius 1 is 1.35 bits per heavy atom. The maximum Gasteiger partial charge on any atom is 0.411 e. The molecule has 17 heavy (non-hydrogen) atoms. The van der Waals surface area contributed by atoms with Crippen molar-refractivity contribution in [2.24, 2.45) is 5.92 Å². The molecule has 1 aliphatic heterocycles. The predicted octanol–water partition coefficient (Wildman–Crippen LogP) is 0.687. The van der Waals surface area contributed by atoms with E-state index in [2.05, 4.69) is 0 Å². The van der Waals surface area contributed by atoms with Gasteiger partial charge in [-0.1, -0.05) is 6.92 Å². The minimum atomic E-state index is -1.22. The normalized spacial score (nSPS) is 29.2. The van der Waals surface area contributed by atoms with Crippen LogP contribution in [0.1, 0.15) is 27.7 Å². The molecular formula is C11H19NO5. The van der Waals surface area contributed by atoms with Gasteiger partial charge in [0.25, 0.3) is 0 Å². The first-order valence-corrected chi connectivity index (χ1v) is 5.54. The van der Waals surface area contributed by atoms with Crippen molar-refractivity contribution < 1.29 is 24.5 Å². The third-order valence-corrected chi connectivity index (χ3v) is 2.61. The van der Waals surface area contributed by atoms with Crippen molar-refractivity contribution in [3.8, 4) is 0 Å². The fourth-order valence-electron chi connectivity index (χ4n) is 1.82. The number of rotatable bonds is 1. The van der Waals surface area contributed by atoms with Gasteiger partial charge in [0.15, 0.2) is 6.04 Å². The SMILES string of the molecule is CC1CN(C(=O)OC(C)(C)C)C(C(=O)O)C1O. The lowest BCUT2D eigenvalue weighted by atomic mass is 10.0. The lowest BCUT2D eigenvalue weighted by molar-refractivity contribution is -0.145. The molecule has 0 spiro atoms. The highest BCUT2D eigenvalue weighted by atomic mass is 16.6. The minimum Gasteiger partial charge on any atom is -0.480 e. The van der Waals surface area contributed by atoms with E-state index in [4.69, 9.17) is 9.84 Å². The summed E-state index contributed by atoms with van der Waals surface area (Å²) in [6.45, 7) is 7.00. The van der Waals surface area contributed by atoms with Crippen LogP contribution in [0, 0.1) is 5.92 Å². The summed E-state index contributed by atoms with van der Waals surface area (Å²) >= 11 is 0. The number of amides is 1. The Bertz CT molecular complexity index is 322. The van der Waals surface area contributed by atoms with Gasteiger partial charge in [-0.2, -0.15) is 0 Å². The maximum absolute atomic E-state index is 11.8. The minimum absolute atomic E-state index is 0.188. The molecular weight excluding hydrogens is 226 g/mol. The summed E-state index contributed by atoms with van der Waals surface area (Å²) in [5.74, 6) is -1.49. The molecule has 0 aliphatic carbocycles. The van der Waals surface area contributed by atoms with Gasteiger partial charge in [-0.05, 0) is 20.8 Å². The fourth-order valence-corrected chi connectivity index (χ4v) is 1.82. The van der Waals surface area contributed by atoms with Crippen molar-refractivity contribution in [2.75, 3.05) is 6.54 Å². The molecule has 1 heterocycles. The smallest absolute Gasteiger partial charge is 0.411 e. The number of hydrogen-bond acceptors (Lipinski definition) is 4. The van der Waals surface area contributed by atoms with Gasteiger partial charge in [0.1, 0.15) is 5.60 Å². The molecule has 6 heteroatoms. The molecule has 0 saturated carbocycles. The average Bonchev–Trinajstić information content (AvgIpc) is 2.40. The lowest BCUT2D eigenvalue weighted by Crippen LogP contribution is -2.47. The number of aliphatic carboxylic acids is 1. The van der Waals surface area contributed by atoms with Crippen LogP contribution < -0.4 is 0 Å². The van der Waals surface area contributed by atoms with Crippen LogP contribution in [0.2, 0.25) is 0 Å². The van der Waals surface area contributed by atoms with Gasteiger partial charge in [-0.15, -0.1) is 0 Å². The molecule has 0 bridgehead atoms. The van der Waals surface area contributed by atoms with Crippen LogP contribution in [0.4, 0.5) is 4.79 Å². The first kappa shape index (κ1) is 13.8. The molecule has 1 saturated heterocycles. The van der Waals surface area contributed by atoms with Crippen molar-refractivity contribution in [3.63, 3.8) is 0 Å². The Morgan fingerprint density at radius 2 is 1.88 bits per heavy atom. The molecule has 98 valence electrons. The Hall–Kier alpha value is -1.30. The van der Waals surface area contributed by atoms with Crippen molar-refractivity contribution in [3.05, 3.63) is 0 Å². The quantitative estimate of drug-likeness (QED) is 0.709. The molecule has 0 radical (unpaired) electrons. The van der Waals surface area contributed by atoms with Crippen molar-refractivity contribution in [2.45, 2.75) is 45.4 Å². The van der Waals surface area contributed by atoms with Crippen LogP contribution >= 0.6 is 0 Å². The molecule has 2 N–H and O–H groups in total. The largest absolute Gasteiger partial charge is 0.480 e. The molecule has 6 nitrogen and oxygen atoms in total. The summed E-state index contributed by atoms with van der Waals surface area (Å²) in [6, 6.07) is -1.22. The second-order valence-corrected chi connectivity index (χ2v) is 5.38. The van der Waals surface area contributed by atoms with Gasteiger partial charge in [0, 0.05) is 12.5 Å². The number of carbonyl (C=O) groups is 2. The summed E-state index contributed by atoms with van der Waals surface area (Å²) < 4.78 is 5.11. The van der Waals surface area contributed by atoms with E-state index < -0.39 is 29.8 Å². The number of carboxylic acids is 1. The zero-order valence-electron chi connectivity index (χ0n) is 10.5. The number of carboxylic acid groups (broad SMARTS) is 1. The summed E-state index contributed by atoms with van der Waals surface area (Å²) in [7, 11) is 0. The van der Waals surface area contributed by atoms with E-state index in [1.807, 2.05) is 0 Å². The Labute approximate surface area is 100 Å². The van der Waals surface area contributed by atoms with Gasteiger partial charge in [-0.3, -0.25) is 4.90 Å². The average molecular weight is 245 g/mol. The van der Waals surface area contributed by atoms with Gasteiger partial charge >= 0.3 is 12.1 Å². The van der Waals surface area contributed by atoms with E-state index in [9.17, 15) is 14.7 Å². The highest BCUT2D eigenvalue weighted by Crippen LogP contribution is 2.25. The zero-order chi connectivity index (χ0) is 13.4. The van der Waals surface area contributed by atoms with E-state index >= 15 is 0 Å². The second-order valence-electron chi connectivity index (χ2n) is 5.38. The van der Waals surface area contributed by atoms with Crippen LogP contribution in [0.15, 0.2) is 0 Å². The highest BCUT2D eigenvalue weighted by molar-refractivity contribution is 5.81. The number of hydrogen-bond donors (Lipinski definition) is 2. The van der Waals surface area contributed by atoms with Crippen molar-refractivity contribution >= 4 is 12.1 Å². The molecule has 0 aromatic heterocycles. The summed E-state index contributed by atoms with van der Waals surface area (Å²) in [5.41, 5.74) is -0.684. The molecule has 3 atom stereocenters. The molecule has 1 fully saturated rings. The molecule has 0 aromatic carbocycles. The van der Waals surface area contributed by atoms with Crippen LogP contribution in [-0.4, -0.2) is 51.5 Å². The van der Waals surface area contributed by atoms with Gasteiger partial charge in [-0.25, -0.2) is 9.59 Å². The molecule has 0 aromatic rings. The second kappa shape index (κ2) is 4.52. The molecule has 1 aliphatic rings. The highest BCUT2D eigenvalue weighted by Gasteiger charge is 2.46.